The molecular weight excluding hydrogens is 224 g/mol. The van der Waals surface area contributed by atoms with Gasteiger partial charge in [-0.3, -0.25) is 4.98 Å². The van der Waals surface area contributed by atoms with E-state index in [4.69, 9.17) is 9.15 Å². The number of hydrogen-bond acceptors (Lipinski definition) is 5. The van der Waals surface area contributed by atoms with E-state index in [1.165, 1.54) is 5.00 Å². The van der Waals surface area contributed by atoms with Gasteiger partial charge in [0.1, 0.15) is 16.9 Å². The highest BCUT2D eigenvalue weighted by Gasteiger charge is 2.24. The summed E-state index contributed by atoms with van der Waals surface area (Å²) in [5.74, 6) is 0.897. The van der Waals surface area contributed by atoms with Gasteiger partial charge in [-0.15, -0.1) is 11.3 Å². The number of hydrogen-bond donors (Lipinski definition) is 0. The van der Waals surface area contributed by atoms with Crippen molar-refractivity contribution in [1.82, 2.24) is 4.98 Å². The van der Waals surface area contributed by atoms with Crippen LogP contribution in [0.2, 0.25) is 0 Å². The van der Waals surface area contributed by atoms with E-state index >= 15 is 0 Å². The maximum Gasteiger partial charge on any atom is 0.134 e. The quantitative estimate of drug-likeness (QED) is 0.802. The van der Waals surface area contributed by atoms with Gasteiger partial charge in [0, 0.05) is 6.54 Å². The molecule has 3 heterocycles. The number of anilines is 1. The molecule has 5 heteroatoms. The largest absolute Gasteiger partial charge is 0.467 e. The second-order valence-corrected chi connectivity index (χ2v) is 4.53. The monoisotopic (exact) mass is 236 g/mol. The molecule has 0 aromatic carbocycles. The van der Waals surface area contributed by atoms with Crippen molar-refractivity contribution >= 4 is 16.3 Å². The minimum Gasteiger partial charge on any atom is -0.467 e. The van der Waals surface area contributed by atoms with Crippen molar-refractivity contribution in [2.45, 2.75) is 6.10 Å². The first-order valence-electron chi connectivity index (χ1n) is 5.22. The Morgan fingerprint density at radius 1 is 1.50 bits per heavy atom. The number of furan rings is 1. The molecule has 0 radical (unpaired) electrons. The second kappa shape index (κ2) is 4.27. The summed E-state index contributed by atoms with van der Waals surface area (Å²) in [6.07, 6.45) is 3.62. The predicted octanol–water partition coefficient (Wildman–Crippen LogP) is 2.31. The van der Waals surface area contributed by atoms with Crippen LogP contribution in [0.1, 0.15) is 11.9 Å². The Morgan fingerprint density at radius 2 is 2.50 bits per heavy atom. The zero-order chi connectivity index (χ0) is 10.8. The molecule has 1 saturated heterocycles. The fraction of sp³-hybridized carbons (Fsp3) is 0.364. The van der Waals surface area contributed by atoms with Crippen LogP contribution in [0.3, 0.4) is 0 Å². The van der Waals surface area contributed by atoms with E-state index in [0.717, 1.165) is 25.5 Å². The predicted molar refractivity (Wildman–Crippen MR) is 61.7 cm³/mol. The summed E-state index contributed by atoms with van der Waals surface area (Å²) in [5, 5.41) is 1.19. The third kappa shape index (κ3) is 1.83. The first kappa shape index (κ1) is 9.86. The Balaban J connectivity index is 1.75. The first-order valence-corrected chi connectivity index (χ1v) is 6.10. The summed E-state index contributed by atoms with van der Waals surface area (Å²) in [7, 11) is 0. The number of thiazole rings is 1. The summed E-state index contributed by atoms with van der Waals surface area (Å²) in [6, 6.07) is 3.85. The van der Waals surface area contributed by atoms with Gasteiger partial charge in [-0.25, -0.2) is 0 Å². The summed E-state index contributed by atoms with van der Waals surface area (Å²) < 4.78 is 11.1. The maximum absolute atomic E-state index is 5.70. The Labute approximate surface area is 97.5 Å². The molecule has 0 bridgehead atoms. The summed E-state index contributed by atoms with van der Waals surface area (Å²) in [5.41, 5.74) is 1.85. The van der Waals surface area contributed by atoms with Gasteiger partial charge in [-0.2, -0.15) is 0 Å². The van der Waals surface area contributed by atoms with Gasteiger partial charge in [-0.1, -0.05) is 0 Å². The van der Waals surface area contributed by atoms with Gasteiger partial charge in [0.05, 0.1) is 31.1 Å². The molecule has 2 aromatic rings. The van der Waals surface area contributed by atoms with Crippen LogP contribution >= 0.6 is 11.3 Å². The minimum atomic E-state index is 0.0332. The summed E-state index contributed by atoms with van der Waals surface area (Å²) in [6.45, 7) is 2.47. The summed E-state index contributed by atoms with van der Waals surface area (Å²) >= 11 is 1.66. The molecule has 1 fully saturated rings. The Morgan fingerprint density at radius 3 is 3.25 bits per heavy atom. The summed E-state index contributed by atoms with van der Waals surface area (Å²) in [4.78, 5) is 6.38. The average molecular weight is 236 g/mol. The molecule has 0 saturated carbocycles. The van der Waals surface area contributed by atoms with E-state index in [2.05, 4.69) is 9.88 Å². The smallest absolute Gasteiger partial charge is 0.134 e. The molecule has 0 amide bonds. The average Bonchev–Trinajstić information content (AvgIpc) is 3.03. The van der Waals surface area contributed by atoms with Gasteiger partial charge < -0.3 is 14.1 Å². The molecule has 3 rings (SSSR count). The third-order valence-corrected chi connectivity index (χ3v) is 3.49. The van der Waals surface area contributed by atoms with Gasteiger partial charge in [0.2, 0.25) is 0 Å². The fourth-order valence-electron chi connectivity index (χ4n) is 1.86. The van der Waals surface area contributed by atoms with Gasteiger partial charge >= 0.3 is 0 Å². The van der Waals surface area contributed by atoms with Crippen LogP contribution in [-0.4, -0.2) is 24.7 Å². The van der Waals surface area contributed by atoms with Crippen molar-refractivity contribution < 1.29 is 9.15 Å². The molecule has 1 unspecified atom stereocenters. The zero-order valence-electron chi connectivity index (χ0n) is 8.70. The normalized spacial score (nSPS) is 21.2. The number of morpholine rings is 1. The molecule has 16 heavy (non-hydrogen) atoms. The molecule has 1 aliphatic heterocycles. The van der Waals surface area contributed by atoms with Crippen molar-refractivity contribution in [2.75, 3.05) is 24.6 Å². The first-order chi connectivity index (χ1) is 7.93. The number of ether oxygens (including phenoxy) is 1. The van der Waals surface area contributed by atoms with Crippen molar-refractivity contribution in [3.05, 3.63) is 35.9 Å². The van der Waals surface area contributed by atoms with E-state index in [0.29, 0.717) is 0 Å². The Hall–Kier alpha value is -1.33. The van der Waals surface area contributed by atoms with Crippen LogP contribution in [0.25, 0.3) is 0 Å². The maximum atomic E-state index is 5.70. The fourth-order valence-corrected chi connectivity index (χ4v) is 2.53. The molecule has 0 aliphatic carbocycles. The lowest BCUT2D eigenvalue weighted by Gasteiger charge is -2.32. The Kier molecular flexibility index (Phi) is 2.63. The number of rotatable bonds is 2. The van der Waals surface area contributed by atoms with Crippen LogP contribution in [0.15, 0.2) is 34.5 Å². The van der Waals surface area contributed by atoms with Crippen LogP contribution in [0.4, 0.5) is 5.00 Å². The molecule has 0 N–H and O–H groups in total. The van der Waals surface area contributed by atoms with E-state index in [1.54, 1.807) is 17.6 Å². The van der Waals surface area contributed by atoms with E-state index in [1.807, 2.05) is 23.8 Å². The highest BCUT2D eigenvalue weighted by molar-refractivity contribution is 7.13. The number of aromatic nitrogens is 1. The van der Waals surface area contributed by atoms with Crippen LogP contribution in [0.5, 0.6) is 0 Å². The molecule has 0 spiro atoms. The lowest BCUT2D eigenvalue weighted by atomic mass is 10.2. The van der Waals surface area contributed by atoms with Crippen LogP contribution in [-0.2, 0) is 4.74 Å². The van der Waals surface area contributed by atoms with E-state index in [9.17, 15) is 0 Å². The van der Waals surface area contributed by atoms with E-state index < -0.39 is 0 Å². The minimum absolute atomic E-state index is 0.0332. The van der Waals surface area contributed by atoms with Gasteiger partial charge in [0.15, 0.2) is 0 Å². The van der Waals surface area contributed by atoms with Crippen molar-refractivity contribution in [3.63, 3.8) is 0 Å². The van der Waals surface area contributed by atoms with Gasteiger partial charge in [-0.05, 0) is 12.1 Å². The SMILES string of the molecule is c1coc(C2CN(c3cncs3)CCO2)c1. The second-order valence-electron chi connectivity index (χ2n) is 3.66. The van der Waals surface area contributed by atoms with Crippen molar-refractivity contribution in [3.8, 4) is 0 Å². The molecular formula is C11H12N2O2S. The van der Waals surface area contributed by atoms with Crippen molar-refractivity contribution in [2.24, 2.45) is 0 Å². The highest BCUT2D eigenvalue weighted by Crippen LogP contribution is 2.28. The Bertz CT molecular complexity index is 387. The molecule has 2 aromatic heterocycles. The molecule has 1 aliphatic rings. The zero-order valence-corrected chi connectivity index (χ0v) is 9.52. The molecule has 4 nitrogen and oxygen atoms in total. The number of nitrogens with zero attached hydrogens (tertiary/aromatic N) is 2. The standard InChI is InChI=1S/C11H12N2O2S/c1-2-9(14-4-1)10-7-13(3-5-15-10)11-6-12-8-16-11/h1-2,4,6,8,10H,3,5,7H2. The van der Waals surface area contributed by atoms with E-state index in [-0.39, 0.29) is 6.10 Å². The molecule has 1 atom stereocenters. The lowest BCUT2D eigenvalue weighted by molar-refractivity contribution is 0.0259. The highest BCUT2D eigenvalue weighted by atomic mass is 32.1. The van der Waals surface area contributed by atoms with Crippen molar-refractivity contribution in [1.29, 1.82) is 0 Å². The molecule has 84 valence electrons. The van der Waals surface area contributed by atoms with Crippen LogP contribution < -0.4 is 4.90 Å². The van der Waals surface area contributed by atoms with Crippen LogP contribution in [0, 0.1) is 0 Å². The van der Waals surface area contributed by atoms with Gasteiger partial charge in [0.25, 0.3) is 0 Å². The third-order valence-electron chi connectivity index (χ3n) is 2.66. The lowest BCUT2D eigenvalue weighted by Crippen LogP contribution is -2.37. The topological polar surface area (TPSA) is 38.5 Å².